The Bertz CT molecular complexity index is 299. The zero-order valence-electron chi connectivity index (χ0n) is 8.14. The fourth-order valence-electron chi connectivity index (χ4n) is 1.09. The molecule has 0 bridgehead atoms. The first-order chi connectivity index (χ1) is 6.79. The van der Waals surface area contributed by atoms with E-state index in [1.807, 2.05) is 6.92 Å². The van der Waals surface area contributed by atoms with Crippen molar-refractivity contribution in [2.24, 2.45) is 0 Å². The van der Waals surface area contributed by atoms with Crippen molar-refractivity contribution in [3.8, 4) is 0 Å². The number of aliphatic hydroxyl groups is 1. The molecular weight excluding hydrogens is 200 g/mol. The second-order valence-corrected chi connectivity index (χ2v) is 5.05. The predicted octanol–water partition coefficient (Wildman–Crippen LogP) is 1.56. The van der Waals surface area contributed by atoms with Gasteiger partial charge in [0.2, 0.25) is 5.89 Å². The van der Waals surface area contributed by atoms with Crippen LogP contribution in [-0.2, 0) is 5.75 Å². The van der Waals surface area contributed by atoms with Crippen molar-refractivity contribution < 1.29 is 9.63 Å². The molecule has 0 amide bonds. The van der Waals surface area contributed by atoms with E-state index < -0.39 is 0 Å². The van der Waals surface area contributed by atoms with E-state index in [0.29, 0.717) is 5.92 Å². The molecule has 1 atom stereocenters. The molecule has 1 heterocycles. The van der Waals surface area contributed by atoms with E-state index in [1.54, 1.807) is 11.8 Å². The molecule has 1 saturated carbocycles. The fourth-order valence-corrected chi connectivity index (χ4v) is 1.75. The van der Waals surface area contributed by atoms with Crippen LogP contribution in [0.5, 0.6) is 0 Å². The van der Waals surface area contributed by atoms with Crippen molar-refractivity contribution in [2.45, 2.75) is 36.7 Å². The monoisotopic (exact) mass is 214 g/mol. The van der Waals surface area contributed by atoms with Gasteiger partial charge in [-0.1, -0.05) is 12.1 Å². The molecule has 0 saturated heterocycles. The summed E-state index contributed by atoms with van der Waals surface area (Å²) in [5.41, 5.74) is 0. The van der Waals surface area contributed by atoms with Gasteiger partial charge in [-0.25, -0.2) is 0 Å². The Morgan fingerprint density at radius 1 is 1.64 bits per heavy atom. The predicted molar refractivity (Wildman–Crippen MR) is 54.1 cm³/mol. The second kappa shape index (κ2) is 4.31. The molecule has 14 heavy (non-hydrogen) atoms. The van der Waals surface area contributed by atoms with Crippen LogP contribution in [0.1, 0.15) is 37.4 Å². The molecule has 1 N–H and O–H groups in total. The molecule has 1 fully saturated rings. The lowest BCUT2D eigenvalue weighted by Crippen LogP contribution is -2.02. The normalized spacial score (nSPS) is 18.4. The highest BCUT2D eigenvalue weighted by molar-refractivity contribution is 7.99. The molecule has 78 valence electrons. The summed E-state index contributed by atoms with van der Waals surface area (Å²) in [6.45, 7) is 2.17. The topological polar surface area (TPSA) is 59.2 Å². The molecule has 5 heteroatoms. The van der Waals surface area contributed by atoms with Gasteiger partial charge in [0, 0.05) is 11.2 Å². The molecule has 2 rings (SSSR count). The summed E-state index contributed by atoms with van der Waals surface area (Å²) in [5, 5.41) is 13.0. The van der Waals surface area contributed by atoms with Gasteiger partial charge in [0.15, 0.2) is 5.82 Å². The van der Waals surface area contributed by atoms with Gasteiger partial charge < -0.3 is 9.63 Å². The second-order valence-electron chi connectivity index (χ2n) is 3.63. The SMILES string of the molecule is CC(CO)SCc1noc(C2CC2)n1. The maximum Gasteiger partial charge on any atom is 0.229 e. The van der Waals surface area contributed by atoms with Crippen molar-refractivity contribution in [3.05, 3.63) is 11.7 Å². The minimum atomic E-state index is 0.192. The van der Waals surface area contributed by atoms with E-state index >= 15 is 0 Å². The highest BCUT2D eigenvalue weighted by atomic mass is 32.2. The Morgan fingerprint density at radius 2 is 2.43 bits per heavy atom. The largest absolute Gasteiger partial charge is 0.395 e. The van der Waals surface area contributed by atoms with Crippen molar-refractivity contribution in [3.63, 3.8) is 0 Å². The van der Waals surface area contributed by atoms with Gasteiger partial charge in [0.1, 0.15) is 0 Å². The molecular formula is C9H14N2O2S. The van der Waals surface area contributed by atoms with Crippen LogP contribution in [-0.4, -0.2) is 27.1 Å². The highest BCUT2D eigenvalue weighted by Crippen LogP contribution is 2.39. The summed E-state index contributed by atoms with van der Waals surface area (Å²) in [6, 6.07) is 0. The average Bonchev–Trinajstić information content (AvgIpc) is 2.95. The third kappa shape index (κ3) is 2.48. The summed E-state index contributed by atoms with van der Waals surface area (Å²) < 4.78 is 5.12. The zero-order chi connectivity index (χ0) is 9.97. The van der Waals surface area contributed by atoms with Crippen LogP contribution < -0.4 is 0 Å². The van der Waals surface area contributed by atoms with E-state index in [4.69, 9.17) is 9.63 Å². The molecule has 0 spiro atoms. The number of thioether (sulfide) groups is 1. The fraction of sp³-hybridized carbons (Fsp3) is 0.778. The smallest absolute Gasteiger partial charge is 0.229 e. The zero-order valence-corrected chi connectivity index (χ0v) is 8.96. The van der Waals surface area contributed by atoms with E-state index in [1.165, 1.54) is 12.8 Å². The third-order valence-electron chi connectivity index (χ3n) is 2.16. The summed E-state index contributed by atoms with van der Waals surface area (Å²) in [6.07, 6.45) is 2.36. The van der Waals surface area contributed by atoms with Crippen LogP contribution in [0.3, 0.4) is 0 Å². The first-order valence-electron chi connectivity index (χ1n) is 4.84. The first kappa shape index (κ1) is 9.98. The van der Waals surface area contributed by atoms with Gasteiger partial charge >= 0.3 is 0 Å². The van der Waals surface area contributed by atoms with Crippen molar-refractivity contribution in [1.29, 1.82) is 0 Å². The molecule has 0 aliphatic heterocycles. The van der Waals surface area contributed by atoms with Gasteiger partial charge in [0.05, 0.1) is 12.4 Å². The van der Waals surface area contributed by atoms with Crippen LogP contribution in [0.15, 0.2) is 4.52 Å². The summed E-state index contributed by atoms with van der Waals surface area (Å²) in [4.78, 5) is 4.30. The van der Waals surface area contributed by atoms with Gasteiger partial charge in [0.25, 0.3) is 0 Å². The average molecular weight is 214 g/mol. The van der Waals surface area contributed by atoms with Crippen molar-refractivity contribution in [1.82, 2.24) is 10.1 Å². The Hall–Kier alpha value is -0.550. The molecule has 1 aromatic rings. The van der Waals surface area contributed by atoms with Gasteiger partial charge in [-0.2, -0.15) is 4.98 Å². The summed E-state index contributed by atoms with van der Waals surface area (Å²) >= 11 is 1.64. The molecule has 1 aliphatic rings. The lowest BCUT2D eigenvalue weighted by molar-refractivity contribution is 0.300. The minimum Gasteiger partial charge on any atom is -0.395 e. The Morgan fingerprint density at radius 3 is 3.07 bits per heavy atom. The molecule has 0 radical (unpaired) electrons. The Kier molecular flexibility index (Phi) is 3.08. The van der Waals surface area contributed by atoms with Crippen LogP contribution in [0.25, 0.3) is 0 Å². The lowest BCUT2D eigenvalue weighted by atomic mass is 10.4. The van der Waals surface area contributed by atoms with Crippen LogP contribution >= 0.6 is 11.8 Å². The quantitative estimate of drug-likeness (QED) is 0.806. The van der Waals surface area contributed by atoms with Crippen LogP contribution in [0.2, 0.25) is 0 Å². The number of hydrogen-bond donors (Lipinski definition) is 1. The lowest BCUT2D eigenvalue weighted by Gasteiger charge is -2.03. The number of rotatable bonds is 5. The minimum absolute atomic E-state index is 0.192. The van der Waals surface area contributed by atoms with Crippen molar-refractivity contribution >= 4 is 11.8 Å². The number of nitrogens with zero attached hydrogens (tertiary/aromatic N) is 2. The van der Waals surface area contributed by atoms with E-state index in [0.717, 1.165) is 17.5 Å². The summed E-state index contributed by atoms with van der Waals surface area (Å²) in [5.74, 6) is 2.78. The standard InChI is InChI=1S/C9H14N2O2S/c1-6(4-12)14-5-8-10-9(13-11-8)7-2-3-7/h6-7,12H,2-5H2,1H3. The number of aliphatic hydroxyl groups excluding tert-OH is 1. The Balaban J connectivity index is 1.83. The highest BCUT2D eigenvalue weighted by Gasteiger charge is 2.29. The molecule has 1 unspecified atom stereocenters. The van der Waals surface area contributed by atoms with Gasteiger partial charge in [-0.3, -0.25) is 0 Å². The molecule has 4 nitrogen and oxygen atoms in total. The number of aromatic nitrogens is 2. The van der Waals surface area contributed by atoms with Gasteiger partial charge in [-0.05, 0) is 12.8 Å². The van der Waals surface area contributed by atoms with Crippen LogP contribution in [0.4, 0.5) is 0 Å². The van der Waals surface area contributed by atoms with E-state index in [-0.39, 0.29) is 11.9 Å². The maximum absolute atomic E-state index is 8.83. The number of hydrogen-bond acceptors (Lipinski definition) is 5. The van der Waals surface area contributed by atoms with Crippen LogP contribution in [0, 0.1) is 0 Å². The Labute approximate surface area is 87.1 Å². The third-order valence-corrected chi connectivity index (χ3v) is 3.31. The van der Waals surface area contributed by atoms with Crippen molar-refractivity contribution in [2.75, 3.05) is 6.61 Å². The maximum atomic E-state index is 8.83. The molecule has 1 aliphatic carbocycles. The molecule has 1 aromatic heterocycles. The van der Waals surface area contributed by atoms with E-state index in [9.17, 15) is 0 Å². The summed E-state index contributed by atoms with van der Waals surface area (Å²) in [7, 11) is 0. The van der Waals surface area contributed by atoms with Gasteiger partial charge in [-0.15, -0.1) is 11.8 Å². The molecule has 0 aromatic carbocycles. The first-order valence-corrected chi connectivity index (χ1v) is 5.89. The van der Waals surface area contributed by atoms with E-state index in [2.05, 4.69) is 10.1 Å².